The van der Waals surface area contributed by atoms with Gasteiger partial charge in [-0.15, -0.1) is 0 Å². The van der Waals surface area contributed by atoms with E-state index in [0.717, 1.165) is 39.3 Å². The largest absolute Gasteiger partial charge is 0.369 e. The average Bonchev–Trinajstić information content (AvgIpc) is 3.16. The SMILES string of the molecule is Cc1ccc(-c2cc(C(N)=O)c3c(n2)-c2ccc(N4CCN(S(C)(=O)=O)CC4)cc2C3)cn1. The second-order valence-corrected chi connectivity index (χ2v) is 10.6. The predicted molar refractivity (Wildman–Crippen MR) is 128 cm³/mol. The van der Waals surface area contributed by atoms with E-state index < -0.39 is 15.9 Å². The van der Waals surface area contributed by atoms with E-state index in [1.165, 1.54) is 10.6 Å². The van der Waals surface area contributed by atoms with E-state index in [-0.39, 0.29) is 0 Å². The standard InChI is InChI=1S/C24H25N5O3S/c1-15-3-4-16(14-26-15)22-13-21(24(25)30)20-12-17-11-18(5-6-19(17)23(20)27-22)28-7-9-29(10-8-28)33(2,31)32/h3-6,11,13-14H,7-10,12H2,1-2H3,(H2,25,30). The van der Waals surface area contributed by atoms with Crippen LogP contribution in [0.4, 0.5) is 5.69 Å². The van der Waals surface area contributed by atoms with Crippen LogP contribution in [0.15, 0.2) is 42.6 Å². The van der Waals surface area contributed by atoms with Crippen molar-refractivity contribution in [3.05, 3.63) is 65.0 Å². The number of nitrogens with two attached hydrogens (primary N) is 1. The molecular weight excluding hydrogens is 438 g/mol. The number of piperazine rings is 1. The first-order chi connectivity index (χ1) is 15.7. The normalized spacial score (nSPS) is 15.9. The van der Waals surface area contributed by atoms with E-state index in [2.05, 4.69) is 16.0 Å². The van der Waals surface area contributed by atoms with Crippen LogP contribution in [0.5, 0.6) is 0 Å². The van der Waals surface area contributed by atoms with Crippen molar-refractivity contribution in [3.63, 3.8) is 0 Å². The molecule has 2 N–H and O–H groups in total. The molecule has 0 atom stereocenters. The number of amides is 1. The third kappa shape index (κ3) is 3.98. The minimum Gasteiger partial charge on any atom is -0.369 e. The van der Waals surface area contributed by atoms with Gasteiger partial charge in [-0.2, -0.15) is 4.31 Å². The third-order valence-corrected chi connectivity index (χ3v) is 7.68. The van der Waals surface area contributed by atoms with Gasteiger partial charge in [0.25, 0.3) is 0 Å². The van der Waals surface area contributed by atoms with Crippen molar-refractivity contribution in [1.82, 2.24) is 14.3 Å². The predicted octanol–water partition coefficient (Wildman–Crippen LogP) is 2.20. The molecule has 9 heteroatoms. The summed E-state index contributed by atoms with van der Waals surface area (Å²) in [5, 5.41) is 0. The lowest BCUT2D eigenvalue weighted by molar-refractivity contribution is 0.0999. The molecule has 1 fully saturated rings. The van der Waals surface area contributed by atoms with Gasteiger partial charge >= 0.3 is 0 Å². The molecule has 3 aromatic rings. The summed E-state index contributed by atoms with van der Waals surface area (Å²) in [4.78, 5) is 23.7. The molecule has 1 aromatic carbocycles. The summed E-state index contributed by atoms with van der Waals surface area (Å²) >= 11 is 0. The van der Waals surface area contributed by atoms with E-state index in [1.54, 1.807) is 12.3 Å². The molecule has 0 radical (unpaired) electrons. The number of primary amides is 1. The Hall–Kier alpha value is -3.30. The van der Waals surface area contributed by atoms with Crippen LogP contribution in [0.1, 0.15) is 27.2 Å². The molecule has 0 saturated carbocycles. The van der Waals surface area contributed by atoms with Gasteiger partial charge in [-0.05, 0) is 48.4 Å². The molecule has 8 nitrogen and oxygen atoms in total. The summed E-state index contributed by atoms with van der Waals surface area (Å²) in [6.07, 6.45) is 3.59. The van der Waals surface area contributed by atoms with E-state index in [0.29, 0.717) is 43.9 Å². The van der Waals surface area contributed by atoms with Crippen LogP contribution in [0.25, 0.3) is 22.5 Å². The molecule has 5 rings (SSSR count). The van der Waals surface area contributed by atoms with Crippen molar-refractivity contribution in [2.45, 2.75) is 13.3 Å². The second kappa shape index (κ2) is 7.93. The minimum absolute atomic E-state index is 0.470. The summed E-state index contributed by atoms with van der Waals surface area (Å²) < 4.78 is 25.1. The van der Waals surface area contributed by atoms with Crippen molar-refractivity contribution >= 4 is 21.6 Å². The maximum atomic E-state index is 12.3. The lowest BCUT2D eigenvalue weighted by Gasteiger charge is -2.35. The Morgan fingerprint density at radius 2 is 1.82 bits per heavy atom. The van der Waals surface area contributed by atoms with Crippen LogP contribution in [0.2, 0.25) is 0 Å². The smallest absolute Gasteiger partial charge is 0.249 e. The van der Waals surface area contributed by atoms with Gasteiger partial charge in [0.2, 0.25) is 15.9 Å². The average molecular weight is 464 g/mol. The van der Waals surface area contributed by atoms with Crippen molar-refractivity contribution in [3.8, 4) is 22.5 Å². The van der Waals surface area contributed by atoms with Crippen LogP contribution in [-0.2, 0) is 16.4 Å². The number of hydrogen-bond acceptors (Lipinski definition) is 6. The number of anilines is 1. The summed E-state index contributed by atoms with van der Waals surface area (Å²) in [5.41, 5.74) is 13.4. The van der Waals surface area contributed by atoms with Crippen LogP contribution >= 0.6 is 0 Å². The zero-order chi connectivity index (χ0) is 23.3. The number of fused-ring (bicyclic) bond motifs is 3. The van der Waals surface area contributed by atoms with E-state index in [4.69, 9.17) is 10.7 Å². The van der Waals surface area contributed by atoms with Crippen molar-refractivity contribution in [2.75, 3.05) is 37.3 Å². The summed E-state index contributed by atoms with van der Waals surface area (Å²) in [6, 6.07) is 11.8. The summed E-state index contributed by atoms with van der Waals surface area (Å²) in [7, 11) is -3.17. The Kier molecular flexibility index (Phi) is 5.18. The number of carbonyl (C=O) groups excluding carboxylic acids is 1. The molecule has 0 spiro atoms. The van der Waals surface area contributed by atoms with Gasteiger partial charge in [0.05, 0.1) is 17.6 Å². The number of aromatic nitrogens is 2. The van der Waals surface area contributed by atoms with Gasteiger partial charge in [-0.25, -0.2) is 13.4 Å². The molecule has 1 aliphatic heterocycles. The van der Waals surface area contributed by atoms with Crippen molar-refractivity contribution in [2.24, 2.45) is 5.73 Å². The van der Waals surface area contributed by atoms with E-state index >= 15 is 0 Å². The monoisotopic (exact) mass is 463 g/mol. The summed E-state index contributed by atoms with van der Waals surface area (Å²) in [6.45, 7) is 4.13. The molecule has 170 valence electrons. The Morgan fingerprint density at radius 3 is 2.45 bits per heavy atom. The fourth-order valence-electron chi connectivity index (χ4n) is 4.58. The molecule has 1 aliphatic carbocycles. The van der Waals surface area contributed by atoms with Crippen LogP contribution in [0.3, 0.4) is 0 Å². The van der Waals surface area contributed by atoms with Gasteiger partial charge in [-0.3, -0.25) is 9.78 Å². The first-order valence-electron chi connectivity index (χ1n) is 10.8. The van der Waals surface area contributed by atoms with Crippen molar-refractivity contribution < 1.29 is 13.2 Å². The number of aryl methyl sites for hydroxylation is 1. The van der Waals surface area contributed by atoms with Gasteiger partial charge in [0, 0.05) is 66.9 Å². The number of benzene rings is 1. The van der Waals surface area contributed by atoms with Gasteiger partial charge in [0.15, 0.2) is 0 Å². The molecule has 2 aromatic heterocycles. The van der Waals surface area contributed by atoms with Crippen LogP contribution in [-0.4, -0.2) is 61.0 Å². The number of carbonyl (C=O) groups is 1. The first-order valence-corrected chi connectivity index (χ1v) is 12.7. The van der Waals surface area contributed by atoms with Gasteiger partial charge in [-0.1, -0.05) is 6.07 Å². The first kappa shape index (κ1) is 21.5. The fourth-order valence-corrected chi connectivity index (χ4v) is 5.41. The summed E-state index contributed by atoms with van der Waals surface area (Å²) in [5.74, 6) is -0.472. The molecule has 0 bridgehead atoms. The highest BCUT2D eigenvalue weighted by Gasteiger charge is 2.28. The van der Waals surface area contributed by atoms with Crippen LogP contribution in [0, 0.1) is 6.92 Å². The van der Waals surface area contributed by atoms with Crippen molar-refractivity contribution in [1.29, 1.82) is 0 Å². The van der Waals surface area contributed by atoms with Gasteiger partial charge in [0.1, 0.15) is 0 Å². The maximum Gasteiger partial charge on any atom is 0.249 e. The molecule has 33 heavy (non-hydrogen) atoms. The Bertz CT molecular complexity index is 1360. The Balaban J connectivity index is 1.49. The number of hydrogen-bond donors (Lipinski definition) is 1. The molecule has 0 unspecified atom stereocenters. The molecule has 3 heterocycles. The Morgan fingerprint density at radius 1 is 1.06 bits per heavy atom. The fraction of sp³-hybridized carbons (Fsp3) is 0.292. The lowest BCUT2D eigenvalue weighted by atomic mass is 10.0. The minimum atomic E-state index is -3.17. The topological polar surface area (TPSA) is 109 Å². The number of sulfonamides is 1. The molecule has 2 aliphatic rings. The van der Waals surface area contributed by atoms with Crippen LogP contribution < -0.4 is 10.6 Å². The van der Waals surface area contributed by atoms with Gasteiger partial charge < -0.3 is 10.6 Å². The maximum absolute atomic E-state index is 12.3. The lowest BCUT2D eigenvalue weighted by Crippen LogP contribution is -2.48. The highest BCUT2D eigenvalue weighted by Crippen LogP contribution is 2.40. The molecular formula is C24H25N5O3S. The number of nitrogens with zero attached hydrogens (tertiary/aromatic N) is 4. The number of rotatable bonds is 4. The zero-order valence-corrected chi connectivity index (χ0v) is 19.4. The molecule has 1 saturated heterocycles. The quantitative estimate of drug-likeness (QED) is 0.497. The Labute approximate surface area is 193 Å². The van der Waals surface area contributed by atoms with E-state index in [1.807, 2.05) is 31.2 Å². The second-order valence-electron chi connectivity index (χ2n) is 8.60. The molecule has 1 amide bonds. The number of pyridine rings is 2. The third-order valence-electron chi connectivity index (χ3n) is 6.38. The highest BCUT2D eigenvalue weighted by molar-refractivity contribution is 7.88. The van der Waals surface area contributed by atoms with E-state index in [9.17, 15) is 13.2 Å². The highest BCUT2D eigenvalue weighted by atomic mass is 32.2. The zero-order valence-electron chi connectivity index (χ0n) is 18.6.